The summed E-state index contributed by atoms with van der Waals surface area (Å²) in [7, 11) is 3.19. The van der Waals surface area contributed by atoms with Gasteiger partial charge in [0.05, 0.1) is 26.6 Å². The number of benzene rings is 2. The Hall–Kier alpha value is -3.61. The normalized spacial score (nSPS) is 10.2. The van der Waals surface area contributed by atoms with E-state index in [0.29, 0.717) is 30.3 Å². The van der Waals surface area contributed by atoms with Crippen molar-refractivity contribution in [3.05, 3.63) is 72.2 Å². The van der Waals surface area contributed by atoms with Gasteiger partial charge >= 0.3 is 0 Å². The molecule has 2 N–H and O–H groups in total. The Morgan fingerprint density at radius 2 is 1.75 bits per heavy atom. The van der Waals surface area contributed by atoms with Gasteiger partial charge in [-0.25, -0.2) is 9.97 Å². The van der Waals surface area contributed by atoms with Crippen LogP contribution in [0.2, 0.25) is 0 Å². The zero-order valence-corrected chi connectivity index (χ0v) is 15.8. The third kappa shape index (κ3) is 4.97. The number of nitrogens with one attached hydrogen (secondary N) is 2. The Bertz CT molecular complexity index is 915. The molecule has 0 aliphatic carbocycles. The molecule has 144 valence electrons. The van der Waals surface area contributed by atoms with Crippen LogP contribution in [0, 0.1) is 0 Å². The highest BCUT2D eigenvalue weighted by molar-refractivity contribution is 5.92. The number of amides is 1. The predicted molar refractivity (Wildman–Crippen MR) is 107 cm³/mol. The first-order valence-electron chi connectivity index (χ1n) is 8.83. The number of anilines is 2. The lowest BCUT2D eigenvalue weighted by Gasteiger charge is -2.10. The summed E-state index contributed by atoms with van der Waals surface area (Å²) in [6.07, 6.45) is 3.65. The fourth-order valence-electron chi connectivity index (χ4n) is 2.63. The van der Waals surface area contributed by atoms with Gasteiger partial charge in [0.2, 0.25) is 0 Å². The molecule has 0 aliphatic rings. The van der Waals surface area contributed by atoms with Crippen LogP contribution in [0.4, 0.5) is 11.5 Å². The molecular weight excluding hydrogens is 356 g/mol. The molecule has 7 nitrogen and oxygen atoms in total. The van der Waals surface area contributed by atoms with Gasteiger partial charge in [-0.3, -0.25) is 4.79 Å². The van der Waals surface area contributed by atoms with Crippen molar-refractivity contribution in [2.45, 2.75) is 6.42 Å². The molecule has 0 saturated carbocycles. The van der Waals surface area contributed by atoms with E-state index in [0.717, 1.165) is 11.3 Å². The van der Waals surface area contributed by atoms with Crippen molar-refractivity contribution >= 4 is 17.4 Å². The van der Waals surface area contributed by atoms with E-state index < -0.39 is 0 Å². The van der Waals surface area contributed by atoms with E-state index in [-0.39, 0.29) is 11.6 Å². The largest absolute Gasteiger partial charge is 0.493 e. The zero-order chi connectivity index (χ0) is 19.8. The van der Waals surface area contributed by atoms with Crippen molar-refractivity contribution < 1.29 is 14.3 Å². The van der Waals surface area contributed by atoms with Crippen molar-refractivity contribution in [3.8, 4) is 11.5 Å². The summed E-state index contributed by atoms with van der Waals surface area (Å²) in [5.41, 5.74) is 2.21. The third-order valence-corrected chi connectivity index (χ3v) is 4.08. The van der Waals surface area contributed by atoms with E-state index in [9.17, 15) is 4.79 Å². The molecule has 0 spiro atoms. The van der Waals surface area contributed by atoms with Crippen molar-refractivity contribution in [2.24, 2.45) is 0 Å². The minimum absolute atomic E-state index is 0.265. The summed E-state index contributed by atoms with van der Waals surface area (Å²) in [6, 6.07) is 15.3. The fraction of sp³-hybridized carbons (Fsp3) is 0.190. The van der Waals surface area contributed by atoms with Crippen molar-refractivity contribution in [1.82, 2.24) is 15.3 Å². The zero-order valence-electron chi connectivity index (χ0n) is 15.8. The van der Waals surface area contributed by atoms with Gasteiger partial charge in [-0.2, -0.15) is 0 Å². The maximum Gasteiger partial charge on any atom is 0.271 e. The van der Waals surface area contributed by atoms with E-state index in [1.807, 2.05) is 48.5 Å². The SMILES string of the molecule is COc1ccc(CCNC(=O)c2cnc(Nc3ccccc3)cn2)cc1OC. The molecule has 0 aliphatic heterocycles. The smallest absolute Gasteiger partial charge is 0.271 e. The first-order chi connectivity index (χ1) is 13.7. The summed E-state index contributed by atoms with van der Waals surface area (Å²) >= 11 is 0. The number of carbonyl (C=O) groups excluding carboxylic acids is 1. The molecule has 1 aromatic heterocycles. The minimum atomic E-state index is -0.265. The highest BCUT2D eigenvalue weighted by atomic mass is 16.5. The molecular formula is C21H22N4O3. The predicted octanol–water partition coefficient (Wildman–Crippen LogP) is 3.21. The van der Waals surface area contributed by atoms with Crippen LogP contribution in [0.1, 0.15) is 16.1 Å². The second-order valence-corrected chi connectivity index (χ2v) is 5.97. The third-order valence-electron chi connectivity index (χ3n) is 4.08. The maximum absolute atomic E-state index is 12.2. The van der Waals surface area contributed by atoms with Crippen LogP contribution >= 0.6 is 0 Å². The second-order valence-electron chi connectivity index (χ2n) is 5.97. The van der Waals surface area contributed by atoms with Gasteiger partial charge in [-0.15, -0.1) is 0 Å². The van der Waals surface area contributed by atoms with E-state index in [1.165, 1.54) is 12.4 Å². The summed E-state index contributed by atoms with van der Waals surface area (Å²) in [4.78, 5) is 20.7. The Kier molecular flexibility index (Phi) is 6.41. The number of ether oxygens (including phenoxy) is 2. The molecule has 0 unspecified atom stereocenters. The minimum Gasteiger partial charge on any atom is -0.493 e. The van der Waals surface area contributed by atoms with Gasteiger partial charge in [-0.1, -0.05) is 24.3 Å². The molecule has 3 aromatic rings. The number of rotatable bonds is 8. The molecule has 1 amide bonds. The van der Waals surface area contributed by atoms with Gasteiger partial charge in [0, 0.05) is 12.2 Å². The van der Waals surface area contributed by atoms with Gasteiger partial charge in [-0.05, 0) is 36.2 Å². The summed E-state index contributed by atoms with van der Waals surface area (Å²) in [5.74, 6) is 1.65. The van der Waals surface area contributed by atoms with Crippen LogP contribution in [0.5, 0.6) is 11.5 Å². The number of hydrogen-bond donors (Lipinski definition) is 2. The van der Waals surface area contributed by atoms with Crippen LogP contribution in [0.25, 0.3) is 0 Å². The average molecular weight is 378 g/mol. The Labute approximate surface area is 163 Å². The first-order valence-corrected chi connectivity index (χ1v) is 8.83. The summed E-state index contributed by atoms with van der Waals surface area (Å²) in [5, 5.41) is 5.98. The molecule has 0 saturated heterocycles. The summed E-state index contributed by atoms with van der Waals surface area (Å²) in [6.45, 7) is 0.472. The lowest BCUT2D eigenvalue weighted by molar-refractivity contribution is 0.0949. The maximum atomic E-state index is 12.2. The first kappa shape index (κ1) is 19.2. The van der Waals surface area contributed by atoms with Gasteiger partial charge in [0.1, 0.15) is 11.5 Å². The van der Waals surface area contributed by atoms with E-state index in [2.05, 4.69) is 20.6 Å². The number of aromatic nitrogens is 2. The Morgan fingerprint density at radius 1 is 0.964 bits per heavy atom. The molecule has 0 bridgehead atoms. The van der Waals surface area contributed by atoms with Gasteiger partial charge < -0.3 is 20.1 Å². The standard InChI is InChI=1S/C21H22N4O3/c1-27-18-9-8-15(12-19(18)28-2)10-11-22-21(26)17-13-24-20(14-23-17)25-16-6-4-3-5-7-16/h3-9,12-14H,10-11H2,1-2H3,(H,22,26)(H,24,25). The second kappa shape index (κ2) is 9.36. The Balaban J connectivity index is 1.52. The highest BCUT2D eigenvalue weighted by Gasteiger charge is 2.09. The average Bonchev–Trinajstić information content (AvgIpc) is 2.74. The van der Waals surface area contributed by atoms with Gasteiger partial charge in [0.15, 0.2) is 11.5 Å². The quantitative estimate of drug-likeness (QED) is 0.626. The topological polar surface area (TPSA) is 85.4 Å². The number of carbonyl (C=O) groups is 1. The van der Waals surface area contributed by atoms with Gasteiger partial charge in [0.25, 0.3) is 5.91 Å². The molecule has 0 fully saturated rings. The lowest BCUT2D eigenvalue weighted by Crippen LogP contribution is -2.26. The van der Waals surface area contributed by atoms with Crippen LogP contribution < -0.4 is 20.1 Å². The number of methoxy groups -OCH3 is 2. The molecule has 7 heteroatoms. The van der Waals surface area contributed by atoms with Crippen molar-refractivity contribution in [1.29, 1.82) is 0 Å². The fourth-order valence-corrected chi connectivity index (χ4v) is 2.63. The monoisotopic (exact) mass is 378 g/mol. The molecule has 0 radical (unpaired) electrons. The van der Waals surface area contributed by atoms with Crippen LogP contribution in [-0.4, -0.2) is 36.6 Å². The molecule has 0 atom stereocenters. The highest BCUT2D eigenvalue weighted by Crippen LogP contribution is 2.27. The molecule has 3 rings (SSSR count). The Morgan fingerprint density at radius 3 is 2.43 bits per heavy atom. The summed E-state index contributed by atoms with van der Waals surface area (Å²) < 4.78 is 10.5. The number of para-hydroxylation sites is 1. The number of hydrogen-bond acceptors (Lipinski definition) is 6. The van der Waals surface area contributed by atoms with Crippen LogP contribution in [-0.2, 0) is 6.42 Å². The van der Waals surface area contributed by atoms with E-state index in [4.69, 9.17) is 9.47 Å². The van der Waals surface area contributed by atoms with Crippen molar-refractivity contribution in [3.63, 3.8) is 0 Å². The lowest BCUT2D eigenvalue weighted by atomic mass is 10.1. The van der Waals surface area contributed by atoms with Crippen LogP contribution in [0.3, 0.4) is 0 Å². The van der Waals surface area contributed by atoms with Crippen molar-refractivity contribution in [2.75, 3.05) is 26.1 Å². The van der Waals surface area contributed by atoms with Crippen LogP contribution in [0.15, 0.2) is 60.9 Å². The number of nitrogens with zero attached hydrogens (tertiary/aromatic N) is 2. The van der Waals surface area contributed by atoms with E-state index in [1.54, 1.807) is 14.2 Å². The molecule has 1 heterocycles. The molecule has 28 heavy (non-hydrogen) atoms. The molecule has 2 aromatic carbocycles. The van der Waals surface area contributed by atoms with E-state index >= 15 is 0 Å².